The lowest BCUT2D eigenvalue weighted by molar-refractivity contribution is -0.143. The molecule has 0 amide bonds. The van der Waals surface area contributed by atoms with E-state index in [1.807, 2.05) is 60.7 Å². The number of piperidine rings is 1. The normalized spacial score (nSPS) is 16.0. The van der Waals surface area contributed by atoms with Crippen LogP contribution >= 0.6 is 0 Å². The van der Waals surface area contributed by atoms with Crippen LogP contribution in [0.5, 0.6) is 5.75 Å². The van der Waals surface area contributed by atoms with Crippen molar-refractivity contribution in [2.24, 2.45) is 5.92 Å². The fourth-order valence-corrected chi connectivity index (χ4v) is 4.24. The summed E-state index contributed by atoms with van der Waals surface area (Å²) in [7, 11) is 0. The van der Waals surface area contributed by atoms with Crippen LogP contribution in [0.4, 0.5) is 4.39 Å². The summed E-state index contributed by atoms with van der Waals surface area (Å²) in [5.41, 5.74) is 2.87. The van der Waals surface area contributed by atoms with Gasteiger partial charge in [0.1, 0.15) is 18.2 Å². The number of hydrogen-bond acceptors (Lipinski definition) is 3. The summed E-state index contributed by atoms with van der Waals surface area (Å²) >= 11 is 0. The molecule has 0 aliphatic carbocycles. The average Bonchev–Trinajstić information content (AvgIpc) is 2.80. The highest BCUT2D eigenvalue weighted by Gasteiger charge is 2.31. The van der Waals surface area contributed by atoms with Crippen LogP contribution in [0.25, 0.3) is 0 Å². The maximum absolute atomic E-state index is 14.1. The lowest BCUT2D eigenvalue weighted by Crippen LogP contribution is -2.39. The summed E-state index contributed by atoms with van der Waals surface area (Å²) in [5, 5.41) is 9.37. The van der Waals surface area contributed by atoms with Crippen LogP contribution in [0, 0.1) is 11.7 Å². The first-order chi connectivity index (χ1) is 15.1. The van der Waals surface area contributed by atoms with Gasteiger partial charge in [0.15, 0.2) is 0 Å². The van der Waals surface area contributed by atoms with Crippen molar-refractivity contribution in [1.82, 2.24) is 4.90 Å². The molecule has 4 nitrogen and oxygen atoms in total. The van der Waals surface area contributed by atoms with E-state index in [2.05, 4.69) is 4.90 Å². The first-order valence-electron chi connectivity index (χ1n) is 10.6. The van der Waals surface area contributed by atoms with Gasteiger partial charge in [0.05, 0.1) is 12.0 Å². The van der Waals surface area contributed by atoms with Gasteiger partial charge in [0, 0.05) is 5.56 Å². The van der Waals surface area contributed by atoms with Gasteiger partial charge in [-0.2, -0.15) is 0 Å². The molecule has 1 unspecified atom stereocenters. The molecular weight excluding hydrogens is 393 g/mol. The number of carbonyl (C=O) groups is 1. The number of hydrogen-bond donors (Lipinski definition) is 1. The van der Waals surface area contributed by atoms with Crippen molar-refractivity contribution < 1.29 is 19.0 Å². The molecular formula is C26H26FNO3. The topological polar surface area (TPSA) is 49.8 Å². The lowest BCUT2D eigenvalue weighted by atomic mass is 9.91. The molecule has 4 rings (SSSR count). The molecule has 0 bridgehead atoms. The third-order valence-electron chi connectivity index (χ3n) is 5.86. The maximum Gasteiger partial charge on any atom is 0.306 e. The van der Waals surface area contributed by atoms with Gasteiger partial charge in [-0.3, -0.25) is 9.69 Å². The van der Waals surface area contributed by atoms with Crippen molar-refractivity contribution in [3.8, 4) is 5.75 Å². The zero-order chi connectivity index (χ0) is 21.6. The quantitative estimate of drug-likeness (QED) is 0.565. The molecule has 160 valence electrons. The number of nitrogens with zero attached hydrogens (tertiary/aromatic N) is 1. The van der Waals surface area contributed by atoms with Crippen LogP contribution < -0.4 is 4.74 Å². The van der Waals surface area contributed by atoms with Crippen LogP contribution in [-0.4, -0.2) is 29.1 Å². The molecule has 1 fully saturated rings. The summed E-state index contributed by atoms with van der Waals surface area (Å²) in [4.78, 5) is 13.6. The number of para-hydroxylation sites is 1. The van der Waals surface area contributed by atoms with Gasteiger partial charge in [-0.1, -0.05) is 60.7 Å². The van der Waals surface area contributed by atoms with E-state index in [4.69, 9.17) is 4.74 Å². The second-order valence-corrected chi connectivity index (χ2v) is 7.92. The minimum atomic E-state index is -0.742. The number of carboxylic acid groups (broad SMARTS) is 1. The molecule has 1 aliphatic rings. The molecule has 5 heteroatoms. The zero-order valence-electron chi connectivity index (χ0n) is 17.3. The fourth-order valence-electron chi connectivity index (χ4n) is 4.24. The molecule has 1 saturated heterocycles. The minimum Gasteiger partial charge on any atom is -0.489 e. The summed E-state index contributed by atoms with van der Waals surface area (Å²) in [6.07, 6.45) is 1.16. The van der Waals surface area contributed by atoms with Gasteiger partial charge < -0.3 is 9.84 Å². The molecule has 31 heavy (non-hydrogen) atoms. The zero-order valence-corrected chi connectivity index (χ0v) is 17.3. The van der Waals surface area contributed by atoms with Crippen LogP contribution in [0.15, 0.2) is 78.9 Å². The maximum atomic E-state index is 14.1. The smallest absolute Gasteiger partial charge is 0.306 e. The molecule has 0 radical (unpaired) electrons. The van der Waals surface area contributed by atoms with Gasteiger partial charge in [-0.25, -0.2) is 4.39 Å². The number of aliphatic carboxylic acids is 1. The Bertz CT molecular complexity index is 1020. The highest BCUT2D eigenvalue weighted by Crippen LogP contribution is 2.37. The Morgan fingerprint density at radius 2 is 1.71 bits per heavy atom. The molecule has 0 saturated carbocycles. The Hall–Kier alpha value is -3.18. The first kappa shape index (κ1) is 21.1. The van der Waals surface area contributed by atoms with E-state index in [0.29, 0.717) is 32.5 Å². The molecule has 1 atom stereocenters. The molecule has 1 N–H and O–H groups in total. The highest BCUT2D eigenvalue weighted by molar-refractivity contribution is 5.70. The monoisotopic (exact) mass is 419 g/mol. The Morgan fingerprint density at radius 1 is 1.00 bits per heavy atom. The Morgan fingerprint density at radius 3 is 2.42 bits per heavy atom. The van der Waals surface area contributed by atoms with E-state index in [-0.39, 0.29) is 17.8 Å². The van der Waals surface area contributed by atoms with Gasteiger partial charge in [-0.05, 0) is 55.3 Å². The predicted molar refractivity (Wildman–Crippen MR) is 117 cm³/mol. The van der Waals surface area contributed by atoms with Crippen molar-refractivity contribution in [3.63, 3.8) is 0 Å². The Balaban J connectivity index is 1.65. The molecule has 1 aliphatic heterocycles. The first-order valence-corrected chi connectivity index (χ1v) is 10.6. The van der Waals surface area contributed by atoms with Crippen LogP contribution in [-0.2, 0) is 11.4 Å². The SMILES string of the molecule is O=C(O)C1CCN(C(c2cccc(F)c2)c2ccccc2OCc2ccccc2)CC1. The molecule has 0 spiro atoms. The van der Waals surface area contributed by atoms with E-state index in [0.717, 1.165) is 22.4 Å². The number of halogens is 1. The van der Waals surface area contributed by atoms with Crippen molar-refractivity contribution >= 4 is 5.97 Å². The summed E-state index contributed by atoms with van der Waals surface area (Å²) in [6, 6.07) is 24.2. The highest BCUT2D eigenvalue weighted by atomic mass is 19.1. The number of benzene rings is 3. The van der Waals surface area contributed by atoms with Crippen LogP contribution in [0.1, 0.15) is 35.6 Å². The number of rotatable bonds is 7. The van der Waals surface area contributed by atoms with Gasteiger partial charge in [0.2, 0.25) is 0 Å². The van der Waals surface area contributed by atoms with E-state index < -0.39 is 5.97 Å². The van der Waals surface area contributed by atoms with Crippen molar-refractivity contribution in [2.75, 3.05) is 13.1 Å². The van der Waals surface area contributed by atoms with Gasteiger partial charge in [0.25, 0.3) is 0 Å². The largest absolute Gasteiger partial charge is 0.489 e. The van der Waals surface area contributed by atoms with Crippen LogP contribution in [0.3, 0.4) is 0 Å². The van der Waals surface area contributed by atoms with Gasteiger partial charge >= 0.3 is 5.97 Å². The Labute approximate surface area is 181 Å². The standard InChI is InChI=1S/C26H26FNO3/c27-22-10-6-9-21(17-22)25(28-15-13-20(14-16-28)26(29)30)23-11-4-5-12-24(23)31-18-19-7-2-1-3-8-19/h1-12,17,20,25H,13-16,18H2,(H,29,30). The third-order valence-corrected chi connectivity index (χ3v) is 5.86. The van der Waals surface area contributed by atoms with Gasteiger partial charge in [-0.15, -0.1) is 0 Å². The van der Waals surface area contributed by atoms with E-state index in [9.17, 15) is 14.3 Å². The van der Waals surface area contributed by atoms with E-state index in [1.54, 1.807) is 12.1 Å². The molecule has 1 heterocycles. The van der Waals surface area contributed by atoms with E-state index in [1.165, 1.54) is 6.07 Å². The Kier molecular flexibility index (Phi) is 6.63. The summed E-state index contributed by atoms with van der Waals surface area (Å²) < 4.78 is 20.3. The fraction of sp³-hybridized carbons (Fsp3) is 0.269. The number of ether oxygens (including phenoxy) is 1. The lowest BCUT2D eigenvalue weighted by Gasteiger charge is -2.37. The third kappa shape index (κ3) is 5.12. The van der Waals surface area contributed by atoms with Crippen molar-refractivity contribution in [1.29, 1.82) is 0 Å². The summed E-state index contributed by atoms with van der Waals surface area (Å²) in [5.74, 6) is -0.603. The minimum absolute atomic E-state index is 0.211. The van der Waals surface area contributed by atoms with Crippen molar-refractivity contribution in [3.05, 3.63) is 101 Å². The molecule has 0 aromatic heterocycles. The predicted octanol–water partition coefficient (Wildman–Crippen LogP) is 5.29. The second kappa shape index (κ2) is 9.75. The number of likely N-dealkylation sites (tertiary alicyclic amines) is 1. The van der Waals surface area contributed by atoms with E-state index >= 15 is 0 Å². The molecule has 3 aromatic carbocycles. The summed E-state index contributed by atoms with van der Waals surface area (Å²) in [6.45, 7) is 1.70. The van der Waals surface area contributed by atoms with Crippen LogP contribution in [0.2, 0.25) is 0 Å². The average molecular weight is 419 g/mol. The second-order valence-electron chi connectivity index (χ2n) is 7.92. The van der Waals surface area contributed by atoms with Crippen molar-refractivity contribution in [2.45, 2.75) is 25.5 Å². The number of carboxylic acids is 1. The molecule has 3 aromatic rings.